The van der Waals surface area contributed by atoms with Crippen LogP contribution in [0.25, 0.3) is 11.3 Å². The Morgan fingerprint density at radius 3 is 2.72 bits per heavy atom. The fourth-order valence-corrected chi connectivity index (χ4v) is 2.46. The number of benzene rings is 2. The van der Waals surface area contributed by atoms with Crippen molar-refractivity contribution in [3.05, 3.63) is 65.1 Å². The van der Waals surface area contributed by atoms with Gasteiger partial charge in [-0.2, -0.15) is 5.10 Å². The van der Waals surface area contributed by atoms with Crippen molar-refractivity contribution in [1.82, 2.24) is 10.2 Å². The van der Waals surface area contributed by atoms with E-state index in [2.05, 4.69) is 15.5 Å². The molecule has 0 aliphatic carbocycles. The number of amides is 1. The van der Waals surface area contributed by atoms with Crippen LogP contribution in [0.2, 0.25) is 5.02 Å². The van der Waals surface area contributed by atoms with Crippen LogP contribution in [0.1, 0.15) is 17.4 Å². The number of nitrogens with one attached hydrogen (secondary N) is 2. The summed E-state index contributed by atoms with van der Waals surface area (Å²) in [4.78, 5) is 12.3. The molecule has 25 heavy (non-hydrogen) atoms. The second-order valence-corrected chi connectivity index (χ2v) is 5.64. The Kier molecular flexibility index (Phi) is 5.00. The number of anilines is 1. The molecule has 2 aromatic carbocycles. The third kappa shape index (κ3) is 3.97. The molecule has 128 valence electrons. The van der Waals surface area contributed by atoms with Gasteiger partial charge in [0, 0.05) is 16.3 Å². The summed E-state index contributed by atoms with van der Waals surface area (Å²) in [6, 6.07) is 12.3. The van der Waals surface area contributed by atoms with Crippen molar-refractivity contribution < 1.29 is 13.9 Å². The van der Waals surface area contributed by atoms with Gasteiger partial charge in [0.1, 0.15) is 17.3 Å². The first-order chi connectivity index (χ1) is 12.1. The number of hydrogen-bond acceptors (Lipinski definition) is 3. The Hall–Kier alpha value is -2.86. The van der Waals surface area contributed by atoms with E-state index >= 15 is 0 Å². The average Bonchev–Trinajstić information content (AvgIpc) is 3.09. The van der Waals surface area contributed by atoms with Crippen LogP contribution in [0.4, 0.5) is 10.1 Å². The molecular weight excluding hydrogens is 345 g/mol. The minimum Gasteiger partial charge on any atom is -0.493 e. The summed E-state index contributed by atoms with van der Waals surface area (Å²) in [5, 5.41) is 10.1. The fourth-order valence-electron chi connectivity index (χ4n) is 2.29. The summed E-state index contributed by atoms with van der Waals surface area (Å²) in [5.74, 6) is -0.125. The number of hydrogen-bond donors (Lipinski definition) is 2. The first-order valence-corrected chi connectivity index (χ1v) is 7.99. The van der Waals surface area contributed by atoms with Crippen molar-refractivity contribution in [3.63, 3.8) is 0 Å². The smallest absolute Gasteiger partial charge is 0.273 e. The largest absolute Gasteiger partial charge is 0.493 e. The highest BCUT2D eigenvalue weighted by Gasteiger charge is 2.15. The number of carbonyl (C=O) groups excluding carboxylic acids is 1. The van der Waals surface area contributed by atoms with Gasteiger partial charge in [-0.15, -0.1) is 0 Å². The maximum atomic E-state index is 12.9. The van der Waals surface area contributed by atoms with Gasteiger partial charge in [0.25, 0.3) is 5.91 Å². The van der Waals surface area contributed by atoms with Gasteiger partial charge in [-0.05, 0) is 55.5 Å². The summed E-state index contributed by atoms with van der Waals surface area (Å²) >= 11 is 6.05. The van der Waals surface area contributed by atoms with E-state index in [9.17, 15) is 9.18 Å². The van der Waals surface area contributed by atoms with Crippen LogP contribution in [-0.2, 0) is 0 Å². The molecule has 2 N–H and O–H groups in total. The zero-order chi connectivity index (χ0) is 17.8. The lowest BCUT2D eigenvalue weighted by molar-refractivity contribution is 0.102. The molecule has 0 saturated carbocycles. The molecule has 0 aliphatic rings. The molecule has 5 nitrogen and oxygen atoms in total. The van der Waals surface area contributed by atoms with E-state index in [0.717, 1.165) is 0 Å². The van der Waals surface area contributed by atoms with Crippen molar-refractivity contribution in [3.8, 4) is 17.0 Å². The van der Waals surface area contributed by atoms with Gasteiger partial charge >= 0.3 is 0 Å². The van der Waals surface area contributed by atoms with Gasteiger partial charge in [-0.3, -0.25) is 9.89 Å². The molecule has 0 saturated heterocycles. The van der Waals surface area contributed by atoms with Gasteiger partial charge in [0.2, 0.25) is 0 Å². The molecule has 3 rings (SSSR count). The van der Waals surface area contributed by atoms with Gasteiger partial charge < -0.3 is 10.1 Å². The van der Waals surface area contributed by atoms with E-state index < -0.39 is 0 Å². The number of ether oxygens (including phenoxy) is 1. The lowest BCUT2D eigenvalue weighted by Crippen LogP contribution is -2.12. The highest BCUT2D eigenvalue weighted by atomic mass is 35.5. The van der Waals surface area contributed by atoms with Crippen molar-refractivity contribution in [2.75, 3.05) is 11.9 Å². The Balaban J connectivity index is 1.83. The van der Waals surface area contributed by atoms with Gasteiger partial charge in [0.15, 0.2) is 0 Å². The van der Waals surface area contributed by atoms with E-state index in [-0.39, 0.29) is 17.4 Å². The molecule has 0 bridgehead atoms. The zero-order valence-electron chi connectivity index (χ0n) is 13.3. The maximum Gasteiger partial charge on any atom is 0.273 e. The van der Waals surface area contributed by atoms with Crippen LogP contribution in [0.5, 0.6) is 5.75 Å². The fraction of sp³-hybridized carbons (Fsp3) is 0.111. The highest BCUT2D eigenvalue weighted by molar-refractivity contribution is 6.31. The predicted octanol–water partition coefficient (Wildman–Crippen LogP) is 4.52. The van der Waals surface area contributed by atoms with Gasteiger partial charge in [-0.25, -0.2) is 4.39 Å². The van der Waals surface area contributed by atoms with Crippen LogP contribution >= 0.6 is 11.6 Å². The predicted molar refractivity (Wildman–Crippen MR) is 94.6 cm³/mol. The van der Waals surface area contributed by atoms with Crippen molar-refractivity contribution in [2.24, 2.45) is 0 Å². The summed E-state index contributed by atoms with van der Waals surface area (Å²) in [6.07, 6.45) is 0. The van der Waals surface area contributed by atoms with E-state index in [4.69, 9.17) is 16.3 Å². The van der Waals surface area contributed by atoms with E-state index in [1.807, 2.05) is 6.92 Å². The lowest BCUT2D eigenvalue weighted by Gasteiger charge is -2.08. The summed E-state index contributed by atoms with van der Waals surface area (Å²) in [6.45, 7) is 2.38. The Labute approximate surface area is 148 Å². The number of carbonyl (C=O) groups is 1. The lowest BCUT2D eigenvalue weighted by atomic mass is 10.1. The molecule has 0 spiro atoms. The second-order valence-electron chi connectivity index (χ2n) is 5.20. The third-order valence-corrected chi connectivity index (χ3v) is 3.68. The number of nitrogens with zero attached hydrogens (tertiary/aromatic N) is 1. The molecule has 7 heteroatoms. The Bertz CT molecular complexity index is 894. The first kappa shape index (κ1) is 17.0. The number of aromatic nitrogens is 2. The van der Waals surface area contributed by atoms with Gasteiger partial charge in [-0.1, -0.05) is 11.6 Å². The minimum absolute atomic E-state index is 0.266. The molecule has 1 amide bonds. The quantitative estimate of drug-likeness (QED) is 0.703. The SMILES string of the molecule is CCOc1ccc(Cl)cc1-c1cc(C(=O)Nc2ccc(F)cc2)[nH]n1. The summed E-state index contributed by atoms with van der Waals surface area (Å²) in [7, 11) is 0. The zero-order valence-corrected chi connectivity index (χ0v) is 14.1. The van der Waals surface area contributed by atoms with E-state index in [1.165, 1.54) is 24.3 Å². The third-order valence-electron chi connectivity index (χ3n) is 3.44. The van der Waals surface area contributed by atoms with E-state index in [0.29, 0.717) is 34.3 Å². The van der Waals surface area contributed by atoms with Crippen LogP contribution < -0.4 is 10.1 Å². The number of aromatic amines is 1. The van der Waals surface area contributed by atoms with Crippen LogP contribution in [0.3, 0.4) is 0 Å². The van der Waals surface area contributed by atoms with Crippen molar-refractivity contribution >= 4 is 23.2 Å². The highest BCUT2D eigenvalue weighted by Crippen LogP contribution is 2.32. The number of rotatable bonds is 5. The molecule has 1 heterocycles. The molecular formula is C18H15ClFN3O2. The van der Waals surface area contributed by atoms with Crippen LogP contribution in [-0.4, -0.2) is 22.7 Å². The molecule has 3 aromatic rings. The van der Waals surface area contributed by atoms with Gasteiger partial charge in [0.05, 0.1) is 12.3 Å². The normalized spacial score (nSPS) is 10.5. The molecule has 1 aromatic heterocycles. The van der Waals surface area contributed by atoms with Crippen molar-refractivity contribution in [1.29, 1.82) is 0 Å². The standard InChI is InChI=1S/C18H15ClFN3O2/c1-2-25-17-8-3-11(19)9-14(17)15-10-16(23-22-15)18(24)21-13-6-4-12(20)5-7-13/h3-10H,2H2,1H3,(H,21,24)(H,22,23). The van der Waals surface area contributed by atoms with Crippen LogP contribution in [0.15, 0.2) is 48.5 Å². The van der Waals surface area contributed by atoms with Crippen LogP contribution in [0, 0.1) is 5.82 Å². The van der Waals surface area contributed by atoms with E-state index in [1.54, 1.807) is 24.3 Å². The molecule has 0 radical (unpaired) electrons. The Morgan fingerprint density at radius 2 is 2.00 bits per heavy atom. The molecule has 0 fully saturated rings. The maximum absolute atomic E-state index is 12.9. The second kappa shape index (κ2) is 7.36. The average molecular weight is 360 g/mol. The van der Waals surface area contributed by atoms with Crippen molar-refractivity contribution in [2.45, 2.75) is 6.92 Å². The summed E-state index contributed by atoms with van der Waals surface area (Å²) in [5.41, 5.74) is 1.98. The first-order valence-electron chi connectivity index (χ1n) is 7.62. The summed E-state index contributed by atoms with van der Waals surface area (Å²) < 4.78 is 18.5. The Morgan fingerprint density at radius 1 is 1.24 bits per heavy atom. The minimum atomic E-state index is -0.384. The molecule has 0 atom stereocenters. The monoisotopic (exact) mass is 359 g/mol. The topological polar surface area (TPSA) is 67.0 Å². The number of H-pyrrole nitrogens is 1. The molecule has 0 aliphatic heterocycles. The number of halogens is 2. The molecule has 0 unspecified atom stereocenters.